The van der Waals surface area contributed by atoms with E-state index >= 15 is 0 Å². The number of nitrogens with zero attached hydrogens (tertiary/aromatic N) is 2. The van der Waals surface area contributed by atoms with E-state index in [1.165, 1.54) is 0 Å². The molecule has 0 radical (unpaired) electrons. The zero-order valence-corrected chi connectivity index (χ0v) is 10.6. The molecule has 0 aromatic rings. The van der Waals surface area contributed by atoms with E-state index in [4.69, 9.17) is 5.73 Å². The average Bonchev–Trinajstić information content (AvgIpc) is 2.24. The van der Waals surface area contributed by atoms with Gasteiger partial charge in [-0.3, -0.25) is 9.69 Å². The summed E-state index contributed by atoms with van der Waals surface area (Å²) in [6, 6.07) is 0. The van der Waals surface area contributed by atoms with E-state index < -0.39 is 0 Å². The van der Waals surface area contributed by atoms with Crippen LogP contribution < -0.4 is 5.73 Å². The summed E-state index contributed by atoms with van der Waals surface area (Å²) in [4.78, 5) is 16.0. The Hall–Kier alpha value is -0.610. The van der Waals surface area contributed by atoms with Gasteiger partial charge in [0.1, 0.15) is 0 Å². The van der Waals surface area contributed by atoms with Crippen molar-refractivity contribution in [3.63, 3.8) is 0 Å². The molecule has 0 spiro atoms. The lowest BCUT2D eigenvalue weighted by Gasteiger charge is -2.34. The number of hydrogen-bond acceptors (Lipinski definition) is 3. The van der Waals surface area contributed by atoms with Gasteiger partial charge in [-0.25, -0.2) is 0 Å². The van der Waals surface area contributed by atoms with Crippen LogP contribution in [0.2, 0.25) is 0 Å². The zero-order valence-electron chi connectivity index (χ0n) is 10.6. The number of piperazine rings is 1. The third-order valence-corrected chi connectivity index (χ3v) is 3.05. The van der Waals surface area contributed by atoms with Gasteiger partial charge in [0.25, 0.3) is 0 Å². The molecule has 0 aromatic carbocycles. The van der Waals surface area contributed by atoms with Gasteiger partial charge in [-0.05, 0) is 31.8 Å². The zero-order chi connectivity index (χ0) is 12.0. The van der Waals surface area contributed by atoms with E-state index in [9.17, 15) is 4.79 Å². The van der Waals surface area contributed by atoms with E-state index in [2.05, 4.69) is 18.7 Å². The molecular formula is C12H25N3O. The van der Waals surface area contributed by atoms with Crippen LogP contribution in [0.25, 0.3) is 0 Å². The summed E-state index contributed by atoms with van der Waals surface area (Å²) >= 11 is 0. The summed E-state index contributed by atoms with van der Waals surface area (Å²) in [5.74, 6) is 0.951. The maximum Gasteiger partial charge on any atom is 0.236 e. The van der Waals surface area contributed by atoms with Gasteiger partial charge < -0.3 is 10.6 Å². The van der Waals surface area contributed by atoms with Gasteiger partial charge in [0.2, 0.25) is 5.91 Å². The van der Waals surface area contributed by atoms with Crippen molar-refractivity contribution in [3.05, 3.63) is 0 Å². The lowest BCUT2D eigenvalue weighted by molar-refractivity contribution is -0.136. The van der Waals surface area contributed by atoms with Gasteiger partial charge in [0.15, 0.2) is 0 Å². The van der Waals surface area contributed by atoms with E-state index in [1.54, 1.807) is 0 Å². The van der Waals surface area contributed by atoms with Crippen molar-refractivity contribution in [1.29, 1.82) is 0 Å². The highest BCUT2D eigenvalue weighted by atomic mass is 16.2. The monoisotopic (exact) mass is 227 g/mol. The molecule has 0 atom stereocenters. The summed E-state index contributed by atoms with van der Waals surface area (Å²) in [5.41, 5.74) is 5.47. The van der Waals surface area contributed by atoms with Crippen molar-refractivity contribution in [2.45, 2.75) is 26.7 Å². The first-order valence-corrected chi connectivity index (χ1v) is 6.33. The summed E-state index contributed by atoms with van der Waals surface area (Å²) in [6.07, 6.45) is 2.09. The number of rotatable bonds is 6. The van der Waals surface area contributed by atoms with Crippen molar-refractivity contribution in [2.24, 2.45) is 11.7 Å². The first-order valence-electron chi connectivity index (χ1n) is 6.33. The molecule has 0 saturated carbocycles. The molecule has 94 valence electrons. The van der Waals surface area contributed by atoms with Crippen LogP contribution >= 0.6 is 0 Å². The molecule has 0 aliphatic carbocycles. The fraction of sp³-hybridized carbons (Fsp3) is 0.917. The second-order valence-corrected chi connectivity index (χ2v) is 4.98. The van der Waals surface area contributed by atoms with E-state index in [1.807, 2.05) is 4.90 Å². The second-order valence-electron chi connectivity index (χ2n) is 4.98. The van der Waals surface area contributed by atoms with Gasteiger partial charge in [0, 0.05) is 19.6 Å². The fourth-order valence-electron chi connectivity index (χ4n) is 1.91. The molecular weight excluding hydrogens is 202 g/mol. The summed E-state index contributed by atoms with van der Waals surface area (Å²) in [7, 11) is 0. The highest BCUT2D eigenvalue weighted by Crippen LogP contribution is 2.07. The Morgan fingerprint density at radius 3 is 2.62 bits per heavy atom. The quantitative estimate of drug-likeness (QED) is 0.720. The molecule has 0 aromatic heterocycles. The molecule has 4 nitrogen and oxygen atoms in total. The van der Waals surface area contributed by atoms with Crippen LogP contribution in [0, 0.1) is 5.92 Å². The smallest absolute Gasteiger partial charge is 0.236 e. The molecule has 1 rings (SSSR count). The minimum absolute atomic E-state index is 0.281. The first-order chi connectivity index (χ1) is 7.63. The molecule has 1 saturated heterocycles. The summed E-state index contributed by atoms with van der Waals surface area (Å²) < 4.78 is 0. The Morgan fingerprint density at radius 2 is 2.06 bits per heavy atom. The largest absolute Gasteiger partial charge is 0.340 e. The van der Waals surface area contributed by atoms with E-state index in [0.717, 1.165) is 39.0 Å². The SMILES string of the molecule is CC(C)CCN1CCN(CCCN)CC1=O. The van der Waals surface area contributed by atoms with Crippen LogP contribution in [0.15, 0.2) is 0 Å². The fourth-order valence-corrected chi connectivity index (χ4v) is 1.91. The van der Waals surface area contributed by atoms with Crippen LogP contribution in [0.1, 0.15) is 26.7 Å². The van der Waals surface area contributed by atoms with Crippen molar-refractivity contribution in [3.8, 4) is 0 Å². The lowest BCUT2D eigenvalue weighted by Crippen LogP contribution is -2.50. The van der Waals surface area contributed by atoms with Crippen LogP contribution in [0.5, 0.6) is 0 Å². The molecule has 1 fully saturated rings. The summed E-state index contributed by atoms with van der Waals surface area (Å²) in [6.45, 7) is 9.45. The molecule has 4 heteroatoms. The van der Waals surface area contributed by atoms with Crippen molar-refractivity contribution >= 4 is 5.91 Å². The highest BCUT2D eigenvalue weighted by molar-refractivity contribution is 5.79. The predicted octanol–water partition coefficient (Wildman–Crippen LogP) is 0.526. The Bertz CT molecular complexity index is 218. The standard InChI is InChI=1S/C12H25N3O/c1-11(2)4-7-15-9-8-14(6-3-5-13)10-12(15)16/h11H,3-10,13H2,1-2H3. The maximum atomic E-state index is 11.8. The van der Waals surface area contributed by atoms with Crippen LogP contribution in [0.3, 0.4) is 0 Å². The molecule has 1 heterocycles. The normalized spacial score (nSPS) is 18.5. The summed E-state index contributed by atoms with van der Waals surface area (Å²) in [5, 5.41) is 0. The number of hydrogen-bond donors (Lipinski definition) is 1. The van der Waals surface area contributed by atoms with Gasteiger partial charge in [-0.2, -0.15) is 0 Å². The molecule has 2 N–H and O–H groups in total. The molecule has 1 aliphatic rings. The third kappa shape index (κ3) is 4.49. The van der Waals surface area contributed by atoms with Crippen molar-refractivity contribution < 1.29 is 4.79 Å². The minimum atomic E-state index is 0.281. The number of carbonyl (C=O) groups excluding carboxylic acids is 1. The Labute approximate surface area is 98.8 Å². The van der Waals surface area contributed by atoms with Crippen LogP contribution in [-0.4, -0.2) is 55.0 Å². The first kappa shape index (κ1) is 13.5. The minimum Gasteiger partial charge on any atom is -0.340 e. The van der Waals surface area contributed by atoms with Crippen LogP contribution in [0.4, 0.5) is 0 Å². The predicted molar refractivity (Wildman–Crippen MR) is 66.1 cm³/mol. The maximum absolute atomic E-state index is 11.8. The number of carbonyl (C=O) groups is 1. The molecule has 0 unspecified atom stereocenters. The lowest BCUT2D eigenvalue weighted by atomic mass is 10.1. The van der Waals surface area contributed by atoms with Gasteiger partial charge in [0.05, 0.1) is 6.54 Å². The third-order valence-electron chi connectivity index (χ3n) is 3.05. The van der Waals surface area contributed by atoms with Crippen molar-refractivity contribution in [2.75, 3.05) is 39.3 Å². The second kappa shape index (κ2) is 6.86. The van der Waals surface area contributed by atoms with Gasteiger partial charge in [-0.1, -0.05) is 13.8 Å². The topological polar surface area (TPSA) is 49.6 Å². The van der Waals surface area contributed by atoms with Gasteiger partial charge in [-0.15, -0.1) is 0 Å². The van der Waals surface area contributed by atoms with E-state index in [0.29, 0.717) is 19.0 Å². The Kier molecular flexibility index (Phi) is 5.77. The Balaban J connectivity index is 2.26. The van der Waals surface area contributed by atoms with Crippen LogP contribution in [-0.2, 0) is 4.79 Å². The van der Waals surface area contributed by atoms with Crippen molar-refractivity contribution in [1.82, 2.24) is 9.80 Å². The molecule has 1 amide bonds. The Morgan fingerprint density at radius 1 is 1.31 bits per heavy atom. The number of nitrogens with two attached hydrogens (primary N) is 1. The van der Waals surface area contributed by atoms with Gasteiger partial charge >= 0.3 is 0 Å². The van der Waals surface area contributed by atoms with E-state index in [-0.39, 0.29) is 5.91 Å². The number of amides is 1. The average molecular weight is 227 g/mol. The molecule has 0 bridgehead atoms. The highest BCUT2D eigenvalue weighted by Gasteiger charge is 2.22. The molecule has 1 aliphatic heterocycles. The molecule has 16 heavy (non-hydrogen) atoms.